The first-order chi connectivity index (χ1) is 11.5. The number of carbonyl (C=O) groups excluding carboxylic acids is 3. The van der Waals surface area contributed by atoms with Gasteiger partial charge in [-0.15, -0.1) is 0 Å². The van der Waals surface area contributed by atoms with Crippen LogP contribution in [0, 0.1) is 6.92 Å². The number of ether oxygens (including phenoxy) is 1. The molecule has 2 rings (SSSR count). The first-order valence-electron chi connectivity index (χ1n) is 7.31. The Morgan fingerprint density at radius 3 is 2.71 bits per heavy atom. The van der Waals surface area contributed by atoms with Crippen LogP contribution in [-0.2, 0) is 19.1 Å². The molecule has 0 spiro atoms. The highest BCUT2D eigenvalue weighted by Gasteiger charge is 2.30. The van der Waals surface area contributed by atoms with Crippen molar-refractivity contribution in [3.05, 3.63) is 35.5 Å². The number of nitrogens with one attached hydrogen (secondary N) is 2. The Morgan fingerprint density at radius 2 is 2.08 bits per heavy atom. The lowest BCUT2D eigenvalue weighted by atomic mass is 10.1. The van der Waals surface area contributed by atoms with Crippen molar-refractivity contribution >= 4 is 29.1 Å². The average molecular weight is 333 g/mol. The summed E-state index contributed by atoms with van der Waals surface area (Å²) in [7, 11) is 1.44. The number of hydrogen-bond donors (Lipinski definition) is 3. The molecule has 0 saturated carbocycles. The zero-order valence-electron chi connectivity index (χ0n) is 13.5. The molecule has 24 heavy (non-hydrogen) atoms. The molecule has 0 unspecified atom stereocenters. The molecule has 1 aliphatic rings. The molecule has 3 N–H and O–H groups in total. The Balaban J connectivity index is 2.08. The summed E-state index contributed by atoms with van der Waals surface area (Å²) < 4.78 is 4.76. The van der Waals surface area contributed by atoms with Gasteiger partial charge in [-0.05, 0) is 30.7 Å². The number of methoxy groups -OCH3 is 1. The van der Waals surface area contributed by atoms with Gasteiger partial charge in [0.05, 0.1) is 13.2 Å². The zero-order chi connectivity index (χ0) is 17.7. The number of β-amino-alcohol motifs (C(OH)–C–C–N with tert-alkyl or cyclic N) is 1. The highest BCUT2D eigenvalue weighted by atomic mass is 16.5. The third-order valence-corrected chi connectivity index (χ3v) is 3.39. The number of hydrogen-bond acceptors (Lipinski definition) is 6. The quantitative estimate of drug-likeness (QED) is 0.617. The van der Waals surface area contributed by atoms with Crippen molar-refractivity contribution in [3.63, 3.8) is 0 Å². The number of aliphatic hydroxyl groups is 1. The van der Waals surface area contributed by atoms with Gasteiger partial charge in [-0.3, -0.25) is 19.3 Å². The Labute approximate surface area is 139 Å². The van der Waals surface area contributed by atoms with Gasteiger partial charge >= 0.3 is 0 Å². The summed E-state index contributed by atoms with van der Waals surface area (Å²) >= 11 is 0. The number of amides is 3. The molecule has 0 bridgehead atoms. The molecular weight excluding hydrogens is 314 g/mol. The minimum atomic E-state index is -0.482. The zero-order valence-corrected chi connectivity index (χ0v) is 13.5. The number of anilines is 2. The SMILES string of the molecule is COCC(=O)Nc1ccc(NC2=CC(=O)N(CCO)C2=O)cc1C. The van der Waals surface area contributed by atoms with E-state index in [-0.39, 0.29) is 31.4 Å². The standard InChI is InChI=1S/C16H19N3O5/c1-10-7-11(3-4-12(10)18-14(21)9-24-2)17-13-8-15(22)19(5-6-20)16(13)23/h3-4,7-8,17,20H,5-6,9H2,1-2H3,(H,18,21). The fourth-order valence-electron chi connectivity index (χ4n) is 2.26. The molecule has 0 saturated heterocycles. The molecule has 0 aliphatic carbocycles. The highest BCUT2D eigenvalue weighted by Crippen LogP contribution is 2.22. The van der Waals surface area contributed by atoms with Crippen LogP contribution in [0.2, 0.25) is 0 Å². The van der Waals surface area contributed by atoms with Gasteiger partial charge in [0.15, 0.2) is 0 Å². The highest BCUT2D eigenvalue weighted by molar-refractivity contribution is 6.17. The molecule has 1 aromatic carbocycles. The Kier molecular flexibility index (Phi) is 5.67. The van der Waals surface area contributed by atoms with Gasteiger partial charge in [-0.25, -0.2) is 0 Å². The summed E-state index contributed by atoms with van der Waals surface area (Å²) in [4.78, 5) is 36.3. The molecular formula is C16H19N3O5. The van der Waals surface area contributed by atoms with Crippen LogP contribution in [0.5, 0.6) is 0 Å². The van der Waals surface area contributed by atoms with Crippen molar-refractivity contribution < 1.29 is 24.2 Å². The molecule has 8 heteroatoms. The first kappa shape index (κ1) is 17.6. The number of benzene rings is 1. The van der Waals surface area contributed by atoms with E-state index in [1.807, 2.05) is 6.92 Å². The number of carbonyl (C=O) groups is 3. The fourth-order valence-corrected chi connectivity index (χ4v) is 2.26. The first-order valence-corrected chi connectivity index (χ1v) is 7.31. The summed E-state index contributed by atoms with van der Waals surface area (Å²) in [6, 6.07) is 5.12. The van der Waals surface area contributed by atoms with Crippen LogP contribution in [0.25, 0.3) is 0 Å². The number of imide groups is 1. The summed E-state index contributed by atoms with van der Waals surface area (Å²) in [6.45, 7) is 1.45. The van der Waals surface area contributed by atoms with Gasteiger partial charge in [0, 0.05) is 24.6 Å². The Bertz CT molecular complexity index is 699. The lowest BCUT2D eigenvalue weighted by Crippen LogP contribution is -2.34. The molecule has 128 valence electrons. The van der Waals surface area contributed by atoms with Crippen molar-refractivity contribution in [2.75, 3.05) is 37.5 Å². The number of rotatable bonds is 7. The van der Waals surface area contributed by atoms with Gasteiger partial charge in [0.2, 0.25) is 5.91 Å². The molecule has 1 aromatic rings. The van der Waals surface area contributed by atoms with Gasteiger partial charge in [-0.2, -0.15) is 0 Å². The van der Waals surface area contributed by atoms with Crippen LogP contribution in [0.4, 0.5) is 11.4 Å². The van der Waals surface area contributed by atoms with E-state index in [4.69, 9.17) is 9.84 Å². The summed E-state index contributed by atoms with van der Waals surface area (Å²) in [5.74, 6) is -1.21. The smallest absolute Gasteiger partial charge is 0.277 e. The summed E-state index contributed by atoms with van der Waals surface area (Å²) in [6.07, 6.45) is 1.20. The summed E-state index contributed by atoms with van der Waals surface area (Å²) in [5, 5.41) is 14.5. The van der Waals surface area contributed by atoms with E-state index in [0.29, 0.717) is 11.4 Å². The summed E-state index contributed by atoms with van der Waals surface area (Å²) in [5.41, 5.74) is 2.17. The van der Waals surface area contributed by atoms with Crippen LogP contribution in [-0.4, -0.2) is 54.6 Å². The minimum Gasteiger partial charge on any atom is -0.395 e. The number of aliphatic hydroxyl groups excluding tert-OH is 1. The minimum absolute atomic E-state index is 0.0381. The van der Waals surface area contributed by atoms with Crippen molar-refractivity contribution in [2.45, 2.75) is 6.92 Å². The largest absolute Gasteiger partial charge is 0.395 e. The third kappa shape index (κ3) is 3.98. The second-order valence-corrected chi connectivity index (χ2v) is 5.21. The number of aryl methyl sites for hydroxylation is 1. The molecule has 8 nitrogen and oxygen atoms in total. The third-order valence-electron chi connectivity index (χ3n) is 3.39. The predicted molar refractivity (Wildman–Crippen MR) is 87.2 cm³/mol. The van der Waals surface area contributed by atoms with E-state index >= 15 is 0 Å². The topological polar surface area (TPSA) is 108 Å². The van der Waals surface area contributed by atoms with Gasteiger partial charge in [0.25, 0.3) is 11.8 Å². The Hall–Kier alpha value is -2.71. The van der Waals surface area contributed by atoms with E-state index in [2.05, 4.69) is 10.6 Å². The molecule has 1 aliphatic heterocycles. The van der Waals surface area contributed by atoms with Crippen LogP contribution >= 0.6 is 0 Å². The van der Waals surface area contributed by atoms with Crippen LogP contribution in [0.1, 0.15) is 5.56 Å². The predicted octanol–water partition coefficient (Wildman–Crippen LogP) is 0.237. The molecule has 0 fully saturated rings. The fraction of sp³-hybridized carbons (Fsp3) is 0.312. The van der Waals surface area contributed by atoms with E-state index < -0.39 is 11.8 Å². The van der Waals surface area contributed by atoms with Crippen LogP contribution in [0.3, 0.4) is 0 Å². The van der Waals surface area contributed by atoms with Crippen molar-refractivity contribution in [2.24, 2.45) is 0 Å². The molecule has 1 heterocycles. The van der Waals surface area contributed by atoms with Crippen LogP contribution in [0.15, 0.2) is 30.0 Å². The van der Waals surface area contributed by atoms with Crippen LogP contribution < -0.4 is 10.6 Å². The maximum Gasteiger partial charge on any atom is 0.277 e. The maximum absolute atomic E-state index is 12.1. The molecule has 0 aromatic heterocycles. The Morgan fingerprint density at radius 1 is 1.33 bits per heavy atom. The second-order valence-electron chi connectivity index (χ2n) is 5.21. The maximum atomic E-state index is 12.1. The van der Waals surface area contributed by atoms with E-state index in [1.165, 1.54) is 13.2 Å². The molecule has 3 amide bonds. The second kappa shape index (κ2) is 7.71. The average Bonchev–Trinajstić information content (AvgIpc) is 2.78. The van der Waals surface area contributed by atoms with E-state index in [1.54, 1.807) is 18.2 Å². The lowest BCUT2D eigenvalue weighted by molar-refractivity contribution is -0.137. The van der Waals surface area contributed by atoms with Crippen molar-refractivity contribution in [1.29, 1.82) is 0 Å². The molecule has 0 atom stereocenters. The van der Waals surface area contributed by atoms with Gasteiger partial charge in [-0.1, -0.05) is 0 Å². The monoisotopic (exact) mass is 333 g/mol. The normalized spacial score (nSPS) is 14.0. The van der Waals surface area contributed by atoms with Gasteiger partial charge < -0.3 is 20.5 Å². The van der Waals surface area contributed by atoms with E-state index in [0.717, 1.165) is 10.5 Å². The molecule has 0 radical (unpaired) electrons. The van der Waals surface area contributed by atoms with Gasteiger partial charge in [0.1, 0.15) is 12.3 Å². The van der Waals surface area contributed by atoms with E-state index in [9.17, 15) is 14.4 Å². The number of nitrogens with zero attached hydrogens (tertiary/aromatic N) is 1. The van der Waals surface area contributed by atoms with Crippen molar-refractivity contribution in [3.8, 4) is 0 Å². The lowest BCUT2D eigenvalue weighted by Gasteiger charge is -2.14. The van der Waals surface area contributed by atoms with Crippen molar-refractivity contribution in [1.82, 2.24) is 4.90 Å².